The van der Waals surface area contributed by atoms with Gasteiger partial charge in [0.05, 0.1) is 14.2 Å². The van der Waals surface area contributed by atoms with Gasteiger partial charge in [-0.2, -0.15) is 0 Å². The molecule has 100 valence electrons. The first-order valence-corrected chi connectivity index (χ1v) is 5.57. The second-order valence-corrected chi connectivity index (χ2v) is 3.57. The summed E-state index contributed by atoms with van der Waals surface area (Å²) in [7, 11) is 3.05. The van der Waals surface area contributed by atoms with Crippen molar-refractivity contribution < 1.29 is 19.1 Å². The van der Waals surface area contributed by atoms with E-state index in [1.54, 1.807) is 25.1 Å². The van der Waals surface area contributed by atoms with Crippen molar-refractivity contribution in [2.45, 2.75) is 13.0 Å². The highest BCUT2D eigenvalue weighted by Crippen LogP contribution is 2.31. The lowest BCUT2D eigenvalue weighted by molar-refractivity contribution is -0.492. The molecule has 1 aromatic carbocycles. The van der Waals surface area contributed by atoms with Gasteiger partial charge in [0.1, 0.15) is 6.10 Å². The molecule has 1 unspecified atom stereocenters. The van der Waals surface area contributed by atoms with Crippen molar-refractivity contribution in [3.63, 3.8) is 0 Å². The van der Waals surface area contributed by atoms with Crippen LogP contribution in [0.3, 0.4) is 0 Å². The summed E-state index contributed by atoms with van der Waals surface area (Å²) in [5, 5.41) is 10.6. The second-order valence-electron chi connectivity index (χ2n) is 3.57. The van der Waals surface area contributed by atoms with Crippen LogP contribution in [0, 0.1) is 10.1 Å². The number of rotatable bonds is 7. The number of hydrogen-bond acceptors (Lipinski definition) is 5. The molecule has 0 aliphatic rings. The van der Waals surface area contributed by atoms with Crippen molar-refractivity contribution in [1.29, 1.82) is 0 Å². The molecule has 0 saturated carbocycles. The molecular formula is C12H17NO5. The summed E-state index contributed by atoms with van der Waals surface area (Å²) in [5.41, 5.74) is 0.700. The first-order valence-electron chi connectivity index (χ1n) is 5.57. The second kappa shape index (κ2) is 6.80. The number of hydrogen-bond donors (Lipinski definition) is 0. The van der Waals surface area contributed by atoms with Crippen LogP contribution in [0.1, 0.15) is 18.6 Å². The minimum atomic E-state index is -0.579. The van der Waals surface area contributed by atoms with Crippen LogP contribution in [0.25, 0.3) is 0 Å². The van der Waals surface area contributed by atoms with E-state index in [1.165, 1.54) is 14.2 Å². The van der Waals surface area contributed by atoms with Crippen LogP contribution in [0.2, 0.25) is 0 Å². The van der Waals surface area contributed by atoms with E-state index in [1.807, 2.05) is 0 Å². The standard InChI is InChI=1S/C12H17NO5/c1-4-18-12(8-13(14)15)9-5-6-10(16-2)11(7-9)17-3/h5-7,12H,4,8H2,1-3H3. The van der Waals surface area contributed by atoms with Crippen molar-refractivity contribution in [2.24, 2.45) is 0 Å². The van der Waals surface area contributed by atoms with Crippen LogP contribution in [-0.4, -0.2) is 32.3 Å². The third-order valence-electron chi connectivity index (χ3n) is 2.46. The molecule has 6 heteroatoms. The number of nitro groups is 1. The highest BCUT2D eigenvalue weighted by atomic mass is 16.6. The molecule has 0 amide bonds. The molecule has 6 nitrogen and oxygen atoms in total. The molecule has 0 saturated heterocycles. The summed E-state index contributed by atoms with van der Waals surface area (Å²) < 4.78 is 15.6. The van der Waals surface area contributed by atoms with Gasteiger partial charge in [-0.05, 0) is 24.6 Å². The fourth-order valence-electron chi connectivity index (χ4n) is 1.64. The number of benzene rings is 1. The van der Waals surface area contributed by atoms with Gasteiger partial charge in [0.15, 0.2) is 11.5 Å². The molecule has 1 aromatic rings. The zero-order chi connectivity index (χ0) is 13.5. The van der Waals surface area contributed by atoms with Gasteiger partial charge in [0.25, 0.3) is 0 Å². The third kappa shape index (κ3) is 3.59. The molecule has 0 aromatic heterocycles. The molecule has 0 N–H and O–H groups in total. The summed E-state index contributed by atoms with van der Waals surface area (Å²) in [6, 6.07) is 5.15. The maximum Gasteiger partial charge on any atom is 0.233 e. The Hall–Kier alpha value is -1.82. The average Bonchev–Trinajstić information content (AvgIpc) is 2.37. The van der Waals surface area contributed by atoms with Crippen molar-refractivity contribution in [3.8, 4) is 11.5 Å². The van der Waals surface area contributed by atoms with E-state index in [0.717, 1.165) is 0 Å². The van der Waals surface area contributed by atoms with Gasteiger partial charge in [-0.1, -0.05) is 6.07 Å². The highest BCUT2D eigenvalue weighted by molar-refractivity contribution is 5.43. The first-order chi connectivity index (χ1) is 8.62. The number of ether oxygens (including phenoxy) is 3. The SMILES string of the molecule is CCOC(C[N+](=O)[O-])c1ccc(OC)c(OC)c1. The molecule has 0 aliphatic carbocycles. The minimum Gasteiger partial charge on any atom is -0.493 e. The molecule has 18 heavy (non-hydrogen) atoms. The molecule has 0 fully saturated rings. The summed E-state index contributed by atoms with van der Waals surface area (Å²) >= 11 is 0. The lowest BCUT2D eigenvalue weighted by atomic mass is 10.1. The zero-order valence-electron chi connectivity index (χ0n) is 10.7. The zero-order valence-corrected chi connectivity index (χ0v) is 10.7. The number of nitrogens with zero attached hydrogens (tertiary/aromatic N) is 1. The van der Waals surface area contributed by atoms with Gasteiger partial charge < -0.3 is 14.2 Å². The Kier molecular flexibility index (Phi) is 5.38. The summed E-state index contributed by atoms with van der Waals surface area (Å²) in [6.45, 7) is 1.93. The van der Waals surface area contributed by atoms with Crippen LogP contribution < -0.4 is 9.47 Å². The van der Waals surface area contributed by atoms with Crippen LogP contribution in [0.15, 0.2) is 18.2 Å². The van der Waals surface area contributed by atoms with Gasteiger partial charge in [0, 0.05) is 11.5 Å². The van der Waals surface area contributed by atoms with E-state index in [-0.39, 0.29) is 6.54 Å². The average molecular weight is 255 g/mol. The molecule has 0 heterocycles. The Bertz CT molecular complexity index is 407. The fourth-order valence-corrected chi connectivity index (χ4v) is 1.64. The van der Waals surface area contributed by atoms with Gasteiger partial charge in [-0.3, -0.25) is 10.1 Å². The van der Waals surface area contributed by atoms with Crippen molar-refractivity contribution in [3.05, 3.63) is 33.9 Å². The molecule has 0 aliphatic heterocycles. The first kappa shape index (κ1) is 14.2. The lowest BCUT2D eigenvalue weighted by Gasteiger charge is -2.15. The predicted octanol–water partition coefficient (Wildman–Crippen LogP) is 2.06. The predicted molar refractivity (Wildman–Crippen MR) is 65.8 cm³/mol. The summed E-state index contributed by atoms with van der Waals surface area (Å²) in [6.07, 6.45) is -0.579. The minimum absolute atomic E-state index is 0.274. The Morgan fingerprint density at radius 3 is 2.44 bits per heavy atom. The van der Waals surface area contributed by atoms with E-state index in [0.29, 0.717) is 23.7 Å². The largest absolute Gasteiger partial charge is 0.493 e. The quantitative estimate of drug-likeness (QED) is 0.551. The van der Waals surface area contributed by atoms with Gasteiger partial charge in [-0.25, -0.2) is 0 Å². The molecule has 0 bridgehead atoms. The Morgan fingerprint density at radius 1 is 1.28 bits per heavy atom. The Balaban J connectivity index is 3.00. The van der Waals surface area contributed by atoms with E-state index in [9.17, 15) is 10.1 Å². The summed E-state index contributed by atoms with van der Waals surface area (Å²) in [4.78, 5) is 10.2. The van der Waals surface area contributed by atoms with Gasteiger partial charge in [-0.15, -0.1) is 0 Å². The Morgan fingerprint density at radius 2 is 1.94 bits per heavy atom. The lowest BCUT2D eigenvalue weighted by Crippen LogP contribution is -2.15. The van der Waals surface area contributed by atoms with Gasteiger partial charge >= 0.3 is 0 Å². The summed E-state index contributed by atoms with van der Waals surface area (Å²) in [5.74, 6) is 1.11. The smallest absolute Gasteiger partial charge is 0.233 e. The normalized spacial score (nSPS) is 11.9. The fraction of sp³-hybridized carbons (Fsp3) is 0.500. The molecular weight excluding hydrogens is 238 g/mol. The maximum atomic E-state index is 10.6. The van der Waals surface area contributed by atoms with Crippen LogP contribution in [-0.2, 0) is 4.74 Å². The molecule has 1 rings (SSSR count). The molecule has 0 radical (unpaired) electrons. The highest BCUT2D eigenvalue weighted by Gasteiger charge is 2.19. The van der Waals surface area contributed by atoms with Crippen LogP contribution in [0.5, 0.6) is 11.5 Å². The monoisotopic (exact) mass is 255 g/mol. The van der Waals surface area contributed by atoms with Crippen LogP contribution in [0.4, 0.5) is 0 Å². The Labute approximate surface area is 106 Å². The van der Waals surface area contributed by atoms with Crippen molar-refractivity contribution >= 4 is 0 Å². The van der Waals surface area contributed by atoms with Crippen LogP contribution >= 0.6 is 0 Å². The van der Waals surface area contributed by atoms with Gasteiger partial charge in [0.2, 0.25) is 6.54 Å². The van der Waals surface area contributed by atoms with E-state index in [4.69, 9.17) is 14.2 Å². The third-order valence-corrected chi connectivity index (χ3v) is 2.46. The van der Waals surface area contributed by atoms with E-state index < -0.39 is 11.0 Å². The van der Waals surface area contributed by atoms with E-state index in [2.05, 4.69) is 0 Å². The van der Waals surface area contributed by atoms with Crippen molar-refractivity contribution in [2.75, 3.05) is 27.4 Å². The molecule has 0 spiro atoms. The topological polar surface area (TPSA) is 70.8 Å². The molecule has 1 atom stereocenters. The maximum absolute atomic E-state index is 10.6. The number of methoxy groups -OCH3 is 2. The van der Waals surface area contributed by atoms with Crippen molar-refractivity contribution in [1.82, 2.24) is 0 Å². The van der Waals surface area contributed by atoms with E-state index >= 15 is 0 Å².